The lowest BCUT2D eigenvalue weighted by atomic mass is 10.2. The van der Waals surface area contributed by atoms with Gasteiger partial charge in [0.1, 0.15) is 5.75 Å². The van der Waals surface area contributed by atoms with Crippen molar-refractivity contribution in [2.45, 2.75) is 19.4 Å². The third kappa shape index (κ3) is 4.36. The van der Waals surface area contributed by atoms with Crippen LogP contribution in [0.15, 0.2) is 22.7 Å². The average Bonchev–Trinajstić information content (AvgIpc) is 2.78. The average molecular weight is 411 g/mol. The molecule has 122 valence electrons. The van der Waals surface area contributed by atoms with E-state index in [1.54, 1.807) is 23.1 Å². The summed E-state index contributed by atoms with van der Waals surface area (Å²) in [6.45, 7) is 2.16. The number of benzene rings is 1. The quantitative estimate of drug-likeness (QED) is 0.748. The molecular weight excluding hydrogens is 394 g/mol. The maximum absolute atomic E-state index is 12.3. The SMILES string of the molecule is CCN(C(=O)COc1ccc(Cl)cc1Br)[C@@H]1CCS(=O)(=O)C1. The number of carbonyl (C=O) groups is 1. The Kier molecular flexibility index (Phi) is 5.74. The fourth-order valence-electron chi connectivity index (χ4n) is 2.47. The number of hydrogen-bond acceptors (Lipinski definition) is 4. The molecule has 0 aromatic heterocycles. The summed E-state index contributed by atoms with van der Waals surface area (Å²) in [6.07, 6.45) is 0.493. The van der Waals surface area contributed by atoms with Crippen LogP contribution in [0, 0.1) is 0 Å². The molecule has 1 aromatic carbocycles. The number of sulfone groups is 1. The van der Waals surface area contributed by atoms with Crippen molar-refractivity contribution in [1.82, 2.24) is 4.90 Å². The second kappa shape index (κ2) is 7.19. The predicted octanol–water partition coefficient (Wildman–Crippen LogP) is 2.52. The molecule has 0 radical (unpaired) electrons. The third-order valence-corrected chi connectivity index (χ3v) is 6.16. The summed E-state index contributed by atoms with van der Waals surface area (Å²) in [6, 6.07) is 4.78. The predicted molar refractivity (Wildman–Crippen MR) is 89.1 cm³/mol. The molecule has 2 rings (SSSR count). The van der Waals surface area contributed by atoms with Crippen molar-refractivity contribution in [2.75, 3.05) is 24.7 Å². The standard InChI is InChI=1S/C14H17BrClNO4S/c1-2-17(11-5-6-22(19,20)9-11)14(18)8-21-13-4-3-10(16)7-12(13)15/h3-4,7,11H,2,5-6,8-9H2,1H3/t11-/m1/s1. The van der Waals surface area contributed by atoms with E-state index < -0.39 is 9.84 Å². The Morgan fingerprint density at radius 3 is 2.77 bits per heavy atom. The van der Waals surface area contributed by atoms with E-state index in [0.717, 1.165) is 0 Å². The highest BCUT2D eigenvalue weighted by Crippen LogP contribution is 2.28. The molecule has 1 aliphatic heterocycles. The van der Waals surface area contributed by atoms with Gasteiger partial charge in [0.25, 0.3) is 5.91 Å². The molecule has 0 bridgehead atoms. The summed E-state index contributed by atoms with van der Waals surface area (Å²) in [5, 5.41) is 0.567. The molecule has 0 unspecified atom stereocenters. The van der Waals surface area contributed by atoms with Crippen LogP contribution in [0.1, 0.15) is 13.3 Å². The summed E-state index contributed by atoms with van der Waals surface area (Å²) >= 11 is 9.17. The molecule has 1 amide bonds. The normalized spacial score (nSPS) is 19.9. The Hall–Kier alpha value is -0.790. The van der Waals surface area contributed by atoms with Crippen LogP contribution >= 0.6 is 27.5 Å². The number of amides is 1. The van der Waals surface area contributed by atoms with E-state index in [-0.39, 0.29) is 30.1 Å². The summed E-state index contributed by atoms with van der Waals surface area (Å²) in [5.41, 5.74) is 0. The topological polar surface area (TPSA) is 63.7 Å². The number of halogens is 2. The van der Waals surface area contributed by atoms with Gasteiger partial charge >= 0.3 is 0 Å². The van der Waals surface area contributed by atoms with Crippen molar-refractivity contribution >= 4 is 43.3 Å². The number of hydrogen-bond donors (Lipinski definition) is 0. The minimum absolute atomic E-state index is 0.0389. The largest absolute Gasteiger partial charge is 0.483 e. The first kappa shape index (κ1) is 17.6. The Labute approximate surface area is 143 Å². The molecule has 5 nitrogen and oxygen atoms in total. The van der Waals surface area contributed by atoms with Crippen LogP contribution in [0.25, 0.3) is 0 Å². The highest BCUT2D eigenvalue weighted by atomic mass is 79.9. The van der Waals surface area contributed by atoms with Crippen molar-refractivity contribution in [3.8, 4) is 5.75 Å². The van der Waals surface area contributed by atoms with Gasteiger partial charge in [0.05, 0.1) is 16.0 Å². The highest BCUT2D eigenvalue weighted by Gasteiger charge is 2.33. The van der Waals surface area contributed by atoms with Gasteiger partial charge in [0, 0.05) is 17.6 Å². The molecule has 1 aliphatic rings. The highest BCUT2D eigenvalue weighted by molar-refractivity contribution is 9.10. The molecule has 1 fully saturated rings. The van der Waals surface area contributed by atoms with Gasteiger partial charge in [-0.05, 0) is 47.5 Å². The second-order valence-electron chi connectivity index (χ2n) is 5.10. The van der Waals surface area contributed by atoms with Crippen LogP contribution in [-0.2, 0) is 14.6 Å². The van der Waals surface area contributed by atoms with Gasteiger partial charge in [-0.1, -0.05) is 11.6 Å². The Morgan fingerprint density at radius 2 is 2.23 bits per heavy atom. The maximum atomic E-state index is 12.3. The molecule has 1 aromatic rings. The van der Waals surface area contributed by atoms with Gasteiger partial charge < -0.3 is 9.64 Å². The lowest BCUT2D eigenvalue weighted by Gasteiger charge is -2.26. The monoisotopic (exact) mass is 409 g/mol. The number of nitrogens with zero attached hydrogens (tertiary/aromatic N) is 1. The third-order valence-electron chi connectivity index (χ3n) is 3.56. The number of carbonyl (C=O) groups excluding carboxylic acids is 1. The second-order valence-corrected chi connectivity index (χ2v) is 8.62. The van der Waals surface area contributed by atoms with Crippen molar-refractivity contribution in [1.29, 1.82) is 0 Å². The molecule has 1 heterocycles. The smallest absolute Gasteiger partial charge is 0.260 e. The number of rotatable bonds is 5. The molecule has 0 spiro atoms. The summed E-state index contributed by atoms with van der Waals surface area (Å²) in [5.74, 6) is 0.488. The molecule has 0 aliphatic carbocycles. The van der Waals surface area contributed by atoms with E-state index in [0.29, 0.717) is 28.2 Å². The first-order valence-corrected chi connectivity index (χ1v) is 9.89. The van der Waals surface area contributed by atoms with Crippen LogP contribution in [-0.4, -0.2) is 49.9 Å². The van der Waals surface area contributed by atoms with Gasteiger partial charge in [-0.15, -0.1) is 0 Å². The van der Waals surface area contributed by atoms with E-state index >= 15 is 0 Å². The van der Waals surface area contributed by atoms with E-state index in [9.17, 15) is 13.2 Å². The Balaban J connectivity index is 1.98. The first-order valence-electron chi connectivity index (χ1n) is 6.90. The lowest BCUT2D eigenvalue weighted by molar-refractivity contribution is -0.135. The molecular formula is C14H17BrClNO4S. The van der Waals surface area contributed by atoms with Crippen LogP contribution in [0.3, 0.4) is 0 Å². The van der Waals surface area contributed by atoms with Crippen LogP contribution < -0.4 is 4.74 Å². The van der Waals surface area contributed by atoms with Crippen LogP contribution in [0.5, 0.6) is 5.75 Å². The van der Waals surface area contributed by atoms with Crippen molar-refractivity contribution in [2.24, 2.45) is 0 Å². The molecule has 0 N–H and O–H groups in total. The van der Waals surface area contributed by atoms with Crippen LogP contribution in [0.4, 0.5) is 0 Å². The van der Waals surface area contributed by atoms with Gasteiger partial charge in [0.2, 0.25) is 0 Å². The lowest BCUT2D eigenvalue weighted by Crippen LogP contribution is -2.43. The van der Waals surface area contributed by atoms with Gasteiger partial charge in [-0.3, -0.25) is 4.79 Å². The fraction of sp³-hybridized carbons (Fsp3) is 0.500. The van der Waals surface area contributed by atoms with Gasteiger partial charge in [-0.25, -0.2) is 8.42 Å². The van der Waals surface area contributed by atoms with Crippen LogP contribution in [0.2, 0.25) is 5.02 Å². The van der Waals surface area contributed by atoms with Gasteiger partial charge in [0.15, 0.2) is 16.4 Å². The zero-order valence-electron chi connectivity index (χ0n) is 12.1. The molecule has 8 heteroatoms. The van der Waals surface area contributed by atoms with Crippen molar-refractivity contribution in [3.05, 3.63) is 27.7 Å². The van der Waals surface area contributed by atoms with E-state index in [2.05, 4.69) is 15.9 Å². The van der Waals surface area contributed by atoms with Crippen molar-refractivity contribution < 1.29 is 17.9 Å². The Morgan fingerprint density at radius 1 is 1.50 bits per heavy atom. The van der Waals surface area contributed by atoms with Crippen molar-refractivity contribution in [3.63, 3.8) is 0 Å². The molecule has 22 heavy (non-hydrogen) atoms. The fourth-order valence-corrected chi connectivity index (χ4v) is 5.00. The summed E-state index contributed by atoms with van der Waals surface area (Å²) in [7, 11) is -3.02. The van der Waals surface area contributed by atoms with E-state index in [1.807, 2.05) is 6.92 Å². The number of ether oxygens (including phenoxy) is 1. The summed E-state index contributed by atoms with van der Waals surface area (Å²) in [4.78, 5) is 13.9. The maximum Gasteiger partial charge on any atom is 0.260 e. The van der Waals surface area contributed by atoms with E-state index in [1.165, 1.54) is 0 Å². The minimum Gasteiger partial charge on any atom is -0.483 e. The van der Waals surface area contributed by atoms with Gasteiger partial charge in [-0.2, -0.15) is 0 Å². The molecule has 1 saturated heterocycles. The number of likely N-dealkylation sites (N-methyl/N-ethyl adjacent to an activating group) is 1. The first-order chi connectivity index (χ1) is 10.3. The Bertz CT molecular complexity index is 665. The molecule has 0 saturated carbocycles. The zero-order chi connectivity index (χ0) is 16.3. The zero-order valence-corrected chi connectivity index (χ0v) is 15.2. The molecule has 1 atom stereocenters. The minimum atomic E-state index is -3.02. The van der Waals surface area contributed by atoms with E-state index in [4.69, 9.17) is 16.3 Å². The summed E-state index contributed by atoms with van der Waals surface area (Å²) < 4.78 is 29.3.